The number of aromatic nitrogens is 2. The average Bonchev–Trinajstić information content (AvgIpc) is 3.18. The number of thiazole rings is 1. The highest BCUT2D eigenvalue weighted by Gasteiger charge is 2.31. The number of pyridine rings is 1. The Hall–Kier alpha value is -3.71. The molecule has 1 aromatic carbocycles. The lowest BCUT2D eigenvalue weighted by molar-refractivity contribution is -0.274. The minimum atomic E-state index is -4.81. The van der Waals surface area contributed by atoms with Gasteiger partial charge in [-0.1, -0.05) is 0 Å². The summed E-state index contributed by atoms with van der Waals surface area (Å²) in [7, 11) is 1.40. The van der Waals surface area contributed by atoms with Gasteiger partial charge in [-0.15, -0.1) is 24.5 Å². The number of benzene rings is 1. The fourth-order valence-electron chi connectivity index (χ4n) is 3.23. The van der Waals surface area contributed by atoms with E-state index in [0.717, 1.165) is 11.3 Å². The molecular weight excluding hydrogens is 501 g/mol. The Labute approximate surface area is 207 Å². The molecule has 2 amide bonds. The number of carbonyl (C=O) groups excluding carboxylic acids is 2. The zero-order chi connectivity index (χ0) is 26.3. The van der Waals surface area contributed by atoms with E-state index in [4.69, 9.17) is 4.74 Å². The Bertz CT molecular complexity index is 1340. The highest BCUT2D eigenvalue weighted by molar-refractivity contribution is 7.07. The molecule has 0 aliphatic heterocycles. The van der Waals surface area contributed by atoms with Crippen molar-refractivity contribution in [3.63, 3.8) is 0 Å². The van der Waals surface area contributed by atoms with E-state index in [2.05, 4.69) is 20.0 Å². The Morgan fingerprint density at radius 3 is 2.58 bits per heavy atom. The van der Waals surface area contributed by atoms with Crippen LogP contribution in [0.2, 0.25) is 0 Å². The van der Waals surface area contributed by atoms with Gasteiger partial charge in [0.25, 0.3) is 5.91 Å². The number of aromatic amines is 1. The molecule has 192 valence electrons. The summed E-state index contributed by atoms with van der Waals surface area (Å²) in [5, 5.41) is 4.40. The first kappa shape index (κ1) is 26.9. The topological polar surface area (TPSA) is 115 Å². The second kappa shape index (κ2) is 11.8. The van der Waals surface area contributed by atoms with Gasteiger partial charge in [-0.05, 0) is 43.2 Å². The summed E-state index contributed by atoms with van der Waals surface area (Å²) in [6, 6.07) is 6.57. The molecule has 36 heavy (non-hydrogen) atoms. The van der Waals surface area contributed by atoms with Crippen molar-refractivity contribution in [2.45, 2.75) is 26.3 Å². The fourth-order valence-corrected chi connectivity index (χ4v) is 4.16. The lowest BCUT2D eigenvalue weighted by Gasteiger charge is -2.12. The van der Waals surface area contributed by atoms with Crippen molar-refractivity contribution in [1.82, 2.24) is 14.9 Å². The summed E-state index contributed by atoms with van der Waals surface area (Å²) < 4.78 is 47.9. The second-order valence-electron chi connectivity index (χ2n) is 7.57. The lowest BCUT2D eigenvalue weighted by atomic mass is 10.1. The van der Waals surface area contributed by atoms with E-state index in [1.54, 1.807) is 16.9 Å². The smallest absolute Gasteiger partial charge is 0.406 e. The molecule has 0 bridgehead atoms. The van der Waals surface area contributed by atoms with Crippen LogP contribution in [0.3, 0.4) is 0 Å². The molecule has 0 atom stereocenters. The normalized spacial score (nSPS) is 12.0. The molecule has 0 aliphatic rings. The molecule has 0 radical (unpaired) electrons. The number of halogens is 3. The molecule has 13 heteroatoms. The molecule has 0 saturated carbocycles. The third kappa shape index (κ3) is 7.39. The Kier molecular flexibility index (Phi) is 8.83. The largest absolute Gasteiger partial charge is 0.573 e. The van der Waals surface area contributed by atoms with Gasteiger partial charge in [0.1, 0.15) is 17.9 Å². The monoisotopic (exact) mass is 524 g/mol. The number of carbonyl (C=O) groups is 2. The Morgan fingerprint density at radius 2 is 1.94 bits per heavy atom. The van der Waals surface area contributed by atoms with Gasteiger partial charge in [0.2, 0.25) is 5.91 Å². The molecule has 2 aromatic heterocycles. The molecule has 0 aliphatic carbocycles. The van der Waals surface area contributed by atoms with Crippen molar-refractivity contribution in [2.24, 2.45) is 4.99 Å². The number of methoxy groups -OCH3 is 1. The third-order valence-electron chi connectivity index (χ3n) is 4.82. The van der Waals surface area contributed by atoms with Gasteiger partial charge in [-0.25, -0.2) is 0 Å². The molecular formula is C23H23F3N4O5S. The molecule has 0 fully saturated rings. The minimum absolute atomic E-state index is 0.0800. The van der Waals surface area contributed by atoms with E-state index in [0.29, 0.717) is 36.5 Å². The van der Waals surface area contributed by atoms with Crippen LogP contribution >= 0.6 is 11.3 Å². The Balaban J connectivity index is 1.92. The molecule has 0 unspecified atom stereocenters. The maximum atomic E-state index is 12.7. The first-order chi connectivity index (χ1) is 17.1. The summed E-state index contributed by atoms with van der Waals surface area (Å²) >= 11 is 1.13. The van der Waals surface area contributed by atoms with E-state index < -0.39 is 17.7 Å². The molecule has 2 N–H and O–H groups in total. The van der Waals surface area contributed by atoms with Gasteiger partial charge in [0.15, 0.2) is 10.2 Å². The van der Waals surface area contributed by atoms with Crippen molar-refractivity contribution >= 4 is 23.2 Å². The van der Waals surface area contributed by atoms with Gasteiger partial charge < -0.3 is 24.3 Å². The van der Waals surface area contributed by atoms with E-state index in [9.17, 15) is 27.6 Å². The van der Waals surface area contributed by atoms with Crippen LogP contribution in [0.4, 0.5) is 13.2 Å². The van der Waals surface area contributed by atoms with E-state index in [1.807, 2.05) is 0 Å². The predicted molar refractivity (Wildman–Crippen MR) is 126 cm³/mol. The maximum Gasteiger partial charge on any atom is 0.573 e. The number of nitrogens with one attached hydrogen (secondary N) is 2. The number of alkyl halides is 3. The van der Waals surface area contributed by atoms with Gasteiger partial charge in [0, 0.05) is 43.5 Å². The molecule has 3 rings (SSSR count). The van der Waals surface area contributed by atoms with Crippen LogP contribution in [0.5, 0.6) is 5.75 Å². The summed E-state index contributed by atoms with van der Waals surface area (Å²) in [6.07, 6.45) is -3.05. The molecule has 3 aromatic rings. The second-order valence-corrected chi connectivity index (χ2v) is 8.41. The zero-order valence-corrected chi connectivity index (χ0v) is 20.2. The lowest BCUT2D eigenvalue weighted by Crippen LogP contribution is -2.29. The number of H-pyrrole nitrogens is 1. The van der Waals surface area contributed by atoms with Crippen LogP contribution in [-0.4, -0.2) is 48.0 Å². The fraction of sp³-hybridized carbons (Fsp3) is 0.304. The van der Waals surface area contributed by atoms with Crippen LogP contribution in [0.1, 0.15) is 22.5 Å². The predicted octanol–water partition coefficient (Wildman–Crippen LogP) is 3.01. The highest BCUT2D eigenvalue weighted by Crippen LogP contribution is 2.27. The van der Waals surface area contributed by atoms with Gasteiger partial charge in [0.05, 0.1) is 5.69 Å². The number of amides is 2. The van der Waals surface area contributed by atoms with Crippen molar-refractivity contribution in [3.05, 3.63) is 68.2 Å². The van der Waals surface area contributed by atoms with Gasteiger partial charge in [-0.2, -0.15) is 4.99 Å². The van der Waals surface area contributed by atoms with Crippen molar-refractivity contribution in [2.75, 3.05) is 20.3 Å². The first-order valence-corrected chi connectivity index (χ1v) is 11.5. The highest BCUT2D eigenvalue weighted by atomic mass is 32.1. The standard InChI is InChI=1S/C23H23F3N4O5S/c1-14-10-19(31)17(11-28-14)21(33)29-22-30(9-3-8-27-20(32)12-34-2)18(13-36-22)15-4-6-16(7-5-15)35-23(24,25)26/h4-7,10-11,13H,3,8-9,12H2,1-2H3,(H,27,32)(H,28,31). The van der Waals surface area contributed by atoms with Crippen molar-refractivity contribution in [1.29, 1.82) is 0 Å². The SMILES string of the molecule is COCC(=O)NCCCn1c(-c2ccc(OC(F)(F)F)cc2)csc1=NC(=O)c1c[nH]c(C)cc1=O. The summed E-state index contributed by atoms with van der Waals surface area (Å²) in [6.45, 7) is 2.24. The first-order valence-electron chi connectivity index (χ1n) is 10.7. The summed E-state index contributed by atoms with van der Waals surface area (Å²) in [5.41, 5.74) is 1.16. The van der Waals surface area contributed by atoms with E-state index in [1.165, 1.54) is 43.6 Å². The van der Waals surface area contributed by atoms with Crippen LogP contribution in [0.25, 0.3) is 11.3 Å². The molecule has 9 nitrogen and oxygen atoms in total. The Morgan fingerprint density at radius 1 is 1.22 bits per heavy atom. The van der Waals surface area contributed by atoms with Crippen LogP contribution in [-0.2, 0) is 16.1 Å². The zero-order valence-electron chi connectivity index (χ0n) is 19.3. The minimum Gasteiger partial charge on any atom is -0.406 e. The number of rotatable bonds is 9. The van der Waals surface area contributed by atoms with Crippen LogP contribution in [0.15, 0.2) is 51.7 Å². The molecule has 2 heterocycles. The molecule has 0 spiro atoms. The van der Waals surface area contributed by atoms with Gasteiger partial charge >= 0.3 is 6.36 Å². The van der Waals surface area contributed by atoms with E-state index in [-0.39, 0.29) is 28.6 Å². The number of hydrogen-bond donors (Lipinski definition) is 2. The van der Waals surface area contributed by atoms with Crippen LogP contribution < -0.4 is 20.3 Å². The number of ether oxygens (including phenoxy) is 2. The third-order valence-corrected chi connectivity index (χ3v) is 5.69. The maximum absolute atomic E-state index is 12.7. The summed E-state index contributed by atoms with van der Waals surface area (Å²) in [5.74, 6) is -1.39. The van der Waals surface area contributed by atoms with Crippen molar-refractivity contribution < 1.29 is 32.2 Å². The van der Waals surface area contributed by atoms with Crippen LogP contribution in [0, 0.1) is 6.92 Å². The van der Waals surface area contributed by atoms with Crippen molar-refractivity contribution in [3.8, 4) is 17.0 Å². The molecule has 0 saturated heterocycles. The van der Waals surface area contributed by atoms with Gasteiger partial charge in [-0.3, -0.25) is 14.4 Å². The number of hydrogen-bond acceptors (Lipinski definition) is 6. The number of nitrogens with zero attached hydrogens (tertiary/aromatic N) is 2. The summed E-state index contributed by atoms with van der Waals surface area (Å²) in [4.78, 5) is 43.8. The number of aryl methyl sites for hydroxylation is 1. The van der Waals surface area contributed by atoms with E-state index >= 15 is 0 Å². The quantitative estimate of drug-likeness (QED) is 0.418. The average molecular weight is 525 g/mol.